The molecule has 4 atom stereocenters. The average molecular weight is 472 g/mol. The van der Waals surface area contributed by atoms with Crippen molar-refractivity contribution in [3.05, 3.63) is 42.0 Å². The molecule has 0 unspecified atom stereocenters. The Bertz CT molecular complexity index is 805. The Hall–Kier alpha value is -1.97. The number of esters is 1. The molecule has 1 saturated carbocycles. The third-order valence-corrected chi connectivity index (χ3v) is 6.87. The molecule has 0 amide bonds. The van der Waals surface area contributed by atoms with Gasteiger partial charge in [-0.2, -0.15) is 0 Å². The fraction of sp³-hybridized carbons (Fsp3) is 0.565. The van der Waals surface area contributed by atoms with Gasteiger partial charge < -0.3 is 20.2 Å². The number of ether oxygens (including phenoxy) is 1. The summed E-state index contributed by atoms with van der Waals surface area (Å²) in [5.41, 5.74) is 0.519. The van der Waals surface area contributed by atoms with Gasteiger partial charge in [0, 0.05) is 35.5 Å². The maximum atomic E-state index is 13.7. The molecule has 0 heterocycles. The van der Waals surface area contributed by atoms with Crippen molar-refractivity contribution in [2.24, 2.45) is 17.0 Å². The number of hydrogen-bond donors (Lipinski definition) is 3. The summed E-state index contributed by atoms with van der Waals surface area (Å²) in [5, 5.41) is 33.4. The number of aliphatic hydroxyl groups excluding tert-OH is 2. The van der Waals surface area contributed by atoms with Gasteiger partial charge in [0.05, 0.1) is 25.0 Å². The smallest absolute Gasteiger partial charge is 0.305 e. The SMILES string of the molecule is COC(=O)CCC/C=C\C[C@H]1[C@@H](O)C/C(=N/O)[C@@H]1CC[C@@H](O)CSc1ccc(F)cc1F. The molecule has 6 nitrogen and oxygen atoms in total. The van der Waals surface area contributed by atoms with E-state index in [1.807, 2.05) is 12.2 Å². The highest BCUT2D eigenvalue weighted by atomic mass is 32.2. The lowest BCUT2D eigenvalue weighted by Crippen LogP contribution is -2.22. The summed E-state index contributed by atoms with van der Waals surface area (Å²) in [4.78, 5) is 11.4. The van der Waals surface area contributed by atoms with Crippen LogP contribution in [0.15, 0.2) is 40.4 Å². The maximum absolute atomic E-state index is 13.7. The van der Waals surface area contributed by atoms with Gasteiger partial charge in [0.2, 0.25) is 0 Å². The van der Waals surface area contributed by atoms with Crippen molar-refractivity contribution in [1.82, 2.24) is 0 Å². The van der Waals surface area contributed by atoms with Crippen LogP contribution in [0.4, 0.5) is 8.78 Å². The van der Waals surface area contributed by atoms with Gasteiger partial charge in [0.25, 0.3) is 0 Å². The number of unbranched alkanes of at least 4 members (excludes halogenated alkanes) is 1. The lowest BCUT2D eigenvalue weighted by molar-refractivity contribution is -0.140. The molecule has 0 saturated heterocycles. The van der Waals surface area contributed by atoms with Gasteiger partial charge in [0.1, 0.15) is 11.6 Å². The summed E-state index contributed by atoms with van der Waals surface area (Å²) in [5.74, 6) is -1.61. The number of nitrogens with zero attached hydrogens (tertiary/aromatic N) is 1. The van der Waals surface area contributed by atoms with Crippen molar-refractivity contribution in [1.29, 1.82) is 0 Å². The van der Waals surface area contributed by atoms with E-state index in [4.69, 9.17) is 0 Å². The van der Waals surface area contributed by atoms with E-state index in [0.717, 1.165) is 24.2 Å². The predicted molar refractivity (Wildman–Crippen MR) is 119 cm³/mol. The second kappa shape index (κ2) is 13.5. The number of thioether (sulfide) groups is 1. The zero-order valence-electron chi connectivity index (χ0n) is 18.1. The minimum atomic E-state index is -0.725. The van der Waals surface area contributed by atoms with E-state index in [0.29, 0.717) is 37.8 Å². The van der Waals surface area contributed by atoms with Gasteiger partial charge >= 0.3 is 5.97 Å². The van der Waals surface area contributed by atoms with Crippen molar-refractivity contribution >= 4 is 23.4 Å². The van der Waals surface area contributed by atoms with Gasteiger partial charge in [-0.1, -0.05) is 17.3 Å². The Morgan fingerprint density at radius 1 is 1.38 bits per heavy atom. The average Bonchev–Trinajstić information content (AvgIpc) is 3.08. The number of halogens is 2. The summed E-state index contributed by atoms with van der Waals surface area (Å²) < 4.78 is 31.3. The molecule has 0 aromatic heterocycles. The molecule has 0 radical (unpaired) electrons. The van der Waals surface area contributed by atoms with E-state index < -0.39 is 23.8 Å². The van der Waals surface area contributed by atoms with Crippen molar-refractivity contribution in [3.8, 4) is 0 Å². The van der Waals surface area contributed by atoms with Crippen molar-refractivity contribution < 1.29 is 33.7 Å². The van der Waals surface area contributed by atoms with Crippen molar-refractivity contribution in [3.63, 3.8) is 0 Å². The van der Waals surface area contributed by atoms with E-state index in [2.05, 4.69) is 9.89 Å². The van der Waals surface area contributed by atoms with Crippen LogP contribution >= 0.6 is 11.8 Å². The Labute approximate surface area is 191 Å². The molecule has 1 fully saturated rings. The highest BCUT2D eigenvalue weighted by molar-refractivity contribution is 7.99. The molecule has 178 valence electrons. The first-order chi connectivity index (χ1) is 15.3. The number of carbonyl (C=O) groups excluding carboxylic acids is 1. The van der Waals surface area contributed by atoms with Gasteiger partial charge in [-0.25, -0.2) is 8.78 Å². The summed E-state index contributed by atoms with van der Waals surface area (Å²) >= 11 is 1.11. The van der Waals surface area contributed by atoms with Crippen LogP contribution in [0.3, 0.4) is 0 Å². The van der Waals surface area contributed by atoms with Crippen LogP contribution in [0.5, 0.6) is 0 Å². The van der Waals surface area contributed by atoms with E-state index in [9.17, 15) is 29.0 Å². The Morgan fingerprint density at radius 3 is 2.84 bits per heavy atom. The maximum Gasteiger partial charge on any atom is 0.305 e. The minimum absolute atomic E-state index is 0.132. The first-order valence-corrected chi connectivity index (χ1v) is 11.7. The zero-order chi connectivity index (χ0) is 23.5. The first-order valence-electron chi connectivity index (χ1n) is 10.7. The standard InChI is InChI=1S/C23H31F2NO5S/c1-31-23(29)7-5-3-2-4-6-18-17(20(26-30)13-21(18)28)10-9-16(27)14-32-22-11-8-15(24)12-19(22)25/h2,4,8,11-12,16-18,21,27-28,30H,3,5-7,9-10,13-14H2,1H3/b4-2-,26-20-/t16-,17-,18-,21+/m1/s1. The van der Waals surface area contributed by atoms with Gasteiger partial charge in [-0.05, 0) is 50.2 Å². The number of rotatable bonds is 12. The molecular weight excluding hydrogens is 440 g/mol. The predicted octanol–water partition coefficient (Wildman–Crippen LogP) is 4.31. The summed E-state index contributed by atoms with van der Waals surface area (Å²) in [6, 6.07) is 3.33. The number of allylic oxidation sites excluding steroid dienone is 2. The van der Waals surface area contributed by atoms with Crippen LogP contribution in [-0.2, 0) is 9.53 Å². The van der Waals surface area contributed by atoms with E-state index in [1.165, 1.54) is 19.2 Å². The summed E-state index contributed by atoms with van der Waals surface area (Å²) in [6.45, 7) is 0. The summed E-state index contributed by atoms with van der Waals surface area (Å²) in [7, 11) is 1.36. The molecule has 1 aromatic rings. The number of oxime groups is 1. The Kier molecular flexibility index (Phi) is 11.1. The number of hydrogen-bond acceptors (Lipinski definition) is 7. The fourth-order valence-electron chi connectivity index (χ4n) is 3.92. The number of carbonyl (C=O) groups is 1. The highest BCUT2D eigenvalue weighted by Crippen LogP contribution is 2.37. The molecule has 1 aromatic carbocycles. The molecule has 1 aliphatic rings. The molecule has 2 rings (SSSR count). The minimum Gasteiger partial charge on any atom is -0.469 e. The topological polar surface area (TPSA) is 99.4 Å². The second-order valence-electron chi connectivity index (χ2n) is 7.93. The lowest BCUT2D eigenvalue weighted by atomic mass is 9.86. The first kappa shape index (κ1) is 26.3. The van der Waals surface area contributed by atoms with Gasteiger partial charge in [-0.3, -0.25) is 4.79 Å². The fourth-order valence-corrected chi connectivity index (χ4v) is 4.82. The van der Waals surface area contributed by atoms with E-state index in [-0.39, 0.29) is 34.9 Å². The number of aliphatic hydroxyl groups is 2. The van der Waals surface area contributed by atoms with Crippen molar-refractivity contribution in [2.75, 3.05) is 12.9 Å². The van der Waals surface area contributed by atoms with E-state index in [1.54, 1.807) is 0 Å². The van der Waals surface area contributed by atoms with Crippen LogP contribution < -0.4 is 0 Å². The summed E-state index contributed by atoms with van der Waals surface area (Å²) in [6.07, 6.45) is 6.11. The Balaban J connectivity index is 1.83. The normalized spacial score (nSPS) is 23.2. The monoisotopic (exact) mass is 471 g/mol. The largest absolute Gasteiger partial charge is 0.469 e. The molecule has 0 bridgehead atoms. The lowest BCUT2D eigenvalue weighted by Gasteiger charge is -2.21. The molecule has 9 heteroatoms. The van der Waals surface area contributed by atoms with E-state index >= 15 is 0 Å². The Morgan fingerprint density at radius 2 is 2.16 bits per heavy atom. The van der Waals surface area contributed by atoms with Crippen LogP contribution in [0.2, 0.25) is 0 Å². The molecule has 3 N–H and O–H groups in total. The van der Waals surface area contributed by atoms with Crippen LogP contribution in [-0.4, -0.2) is 52.2 Å². The zero-order valence-corrected chi connectivity index (χ0v) is 18.9. The van der Waals surface area contributed by atoms with Gasteiger partial charge in [-0.15, -0.1) is 11.8 Å². The molecular formula is C23H31F2NO5S. The molecule has 1 aliphatic carbocycles. The number of benzene rings is 1. The quantitative estimate of drug-likeness (QED) is 0.105. The third-order valence-electron chi connectivity index (χ3n) is 5.68. The van der Waals surface area contributed by atoms with Crippen molar-refractivity contribution in [2.45, 2.75) is 62.0 Å². The van der Waals surface area contributed by atoms with Gasteiger partial charge in [0.15, 0.2) is 0 Å². The second-order valence-corrected chi connectivity index (χ2v) is 8.99. The van der Waals surface area contributed by atoms with Crippen LogP contribution in [0.25, 0.3) is 0 Å². The highest BCUT2D eigenvalue weighted by Gasteiger charge is 2.39. The molecule has 0 spiro atoms. The van der Waals surface area contributed by atoms with Crippen LogP contribution in [0, 0.1) is 23.5 Å². The van der Waals surface area contributed by atoms with Crippen LogP contribution in [0.1, 0.15) is 44.9 Å². The molecule has 32 heavy (non-hydrogen) atoms. The molecule has 0 aliphatic heterocycles. The third kappa shape index (κ3) is 8.18. The number of methoxy groups -OCH3 is 1.